The molecule has 3 atom stereocenters. The molecule has 1 saturated carbocycles. The Balaban J connectivity index is 2.41. The summed E-state index contributed by atoms with van der Waals surface area (Å²) in [7, 11) is 0. The Morgan fingerprint density at radius 3 is 2.57 bits per heavy atom. The number of hydrogen-bond donors (Lipinski definition) is 1. The first-order chi connectivity index (χ1) is 6.83. The van der Waals surface area contributed by atoms with E-state index < -0.39 is 0 Å². The minimum Gasteiger partial charge on any atom is -0.314 e. The highest BCUT2D eigenvalue weighted by molar-refractivity contribution is 4.85. The van der Waals surface area contributed by atoms with E-state index in [1.165, 1.54) is 45.1 Å². The molecule has 1 heteroatoms. The average molecular weight is 197 g/mol. The molecule has 1 fully saturated rings. The van der Waals surface area contributed by atoms with Crippen molar-refractivity contribution in [3.05, 3.63) is 0 Å². The van der Waals surface area contributed by atoms with Gasteiger partial charge in [-0.15, -0.1) is 0 Å². The molecule has 0 radical (unpaired) electrons. The first-order valence-electron chi connectivity index (χ1n) is 6.56. The van der Waals surface area contributed by atoms with E-state index in [2.05, 4.69) is 26.1 Å². The molecule has 14 heavy (non-hydrogen) atoms. The van der Waals surface area contributed by atoms with Crippen molar-refractivity contribution < 1.29 is 0 Å². The predicted molar refractivity (Wildman–Crippen MR) is 63.5 cm³/mol. The number of hydrogen-bond acceptors (Lipinski definition) is 1. The van der Waals surface area contributed by atoms with Gasteiger partial charge in [0.1, 0.15) is 0 Å². The van der Waals surface area contributed by atoms with Gasteiger partial charge in [-0.05, 0) is 37.6 Å². The third-order valence-corrected chi connectivity index (χ3v) is 3.86. The molecule has 1 aliphatic carbocycles. The quantitative estimate of drug-likeness (QED) is 0.686. The van der Waals surface area contributed by atoms with E-state index in [0.717, 1.165) is 17.9 Å². The highest BCUT2D eigenvalue weighted by Crippen LogP contribution is 2.36. The van der Waals surface area contributed by atoms with Crippen LogP contribution in [0.15, 0.2) is 0 Å². The van der Waals surface area contributed by atoms with Gasteiger partial charge in [0.25, 0.3) is 0 Å². The van der Waals surface area contributed by atoms with Gasteiger partial charge >= 0.3 is 0 Å². The third kappa shape index (κ3) is 2.98. The Labute approximate surface area is 89.7 Å². The Bertz CT molecular complexity index is 144. The van der Waals surface area contributed by atoms with Gasteiger partial charge in [0.15, 0.2) is 0 Å². The van der Waals surface area contributed by atoms with Crippen LogP contribution in [0.4, 0.5) is 0 Å². The van der Waals surface area contributed by atoms with Crippen LogP contribution in [0.25, 0.3) is 0 Å². The monoisotopic (exact) mass is 197 g/mol. The van der Waals surface area contributed by atoms with Crippen LogP contribution in [0.2, 0.25) is 0 Å². The molecule has 3 unspecified atom stereocenters. The molecular weight excluding hydrogens is 170 g/mol. The van der Waals surface area contributed by atoms with E-state index in [4.69, 9.17) is 0 Å². The summed E-state index contributed by atoms with van der Waals surface area (Å²) in [5.41, 5.74) is 0. The first kappa shape index (κ1) is 12.0. The highest BCUT2D eigenvalue weighted by atomic mass is 14.9. The van der Waals surface area contributed by atoms with Gasteiger partial charge in [-0.3, -0.25) is 0 Å². The summed E-state index contributed by atoms with van der Waals surface area (Å²) in [5.74, 6) is 1.97. The Hall–Kier alpha value is -0.0400. The highest BCUT2D eigenvalue weighted by Gasteiger charge is 2.30. The normalized spacial score (nSPS) is 29.4. The lowest BCUT2D eigenvalue weighted by Gasteiger charge is -2.28. The topological polar surface area (TPSA) is 12.0 Å². The van der Waals surface area contributed by atoms with Gasteiger partial charge in [0, 0.05) is 6.04 Å². The van der Waals surface area contributed by atoms with Gasteiger partial charge in [-0.25, -0.2) is 0 Å². The van der Waals surface area contributed by atoms with E-state index in [9.17, 15) is 0 Å². The Morgan fingerprint density at radius 1 is 1.21 bits per heavy atom. The zero-order valence-corrected chi connectivity index (χ0v) is 10.2. The standard InChI is InChI=1S/C13H27N/c1-4-10-14-13(6-3)12-9-7-8-11(12)5-2/h11-14H,4-10H2,1-3H3. The maximum atomic E-state index is 3.73. The van der Waals surface area contributed by atoms with Crippen LogP contribution >= 0.6 is 0 Å². The van der Waals surface area contributed by atoms with Crippen LogP contribution in [-0.4, -0.2) is 12.6 Å². The maximum Gasteiger partial charge on any atom is 0.00953 e. The summed E-state index contributed by atoms with van der Waals surface area (Å²) in [6.45, 7) is 8.14. The minimum atomic E-state index is 0.794. The zero-order chi connectivity index (χ0) is 10.4. The fraction of sp³-hybridized carbons (Fsp3) is 1.00. The van der Waals surface area contributed by atoms with Crippen molar-refractivity contribution in [3.8, 4) is 0 Å². The molecule has 1 rings (SSSR count). The van der Waals surface area contributed by atoms with E-state index >= 15 is 0 Å². The van der Waals surface area contributed by atoms with Crippen LogP contribution in [0, 0.1) is 11.8 Å². The van der Waals surface area contributed by atoms with Crippen molar-refractivity contribution in [2.24, 2.45) is 11.8 Å². The van der Waals surface area contributed by atoms with Gasteiger partial charge in [-0.2, -0.15) is 0 Å². The molecular formula is C13H27N. The van der Waals surface area contributed by atoms with Crippen LogP contribution < -0.4 is 5.32 Å². The van der Waals surface area contributed by atoms with Gasteiger partial charge in [0.05, 0.1) is 0 Å². The van der Waals surface area contributed by atoms with Gasteiger partial charge in [-0.1, -0.05) is 40.0 Å². The summed E-state index contributed by atoms with van der Waals surface area (Å²) in [6, 6.07) is 0.794. The van der Waals surface area contributed by atoms with Crippen LogP contribution in [0.1, 0.15) is 59.3 Å². The number of rotatable bonds is 6. The lowest BCUT2D eigenvalue weighted by Crippen LogP contribution is -2.37. The van der Waals surface area contributed by atoms with Crippen molar-refractivity contribution in [1.82, 2.24) is 5.32 Å². The van der Waals surface area contributed by atoms with Crippen LogP contribution in [0.5, 0.6) is 0 Å². The molecule has 0 bridgehead atoms. The summed E-state index contributed by atoms with van der Waals surface area (Å²) in [4.78, 5) is 0. The summed E-state index contributed by atoms with van der Waals surface area (Å²) in [6.07, 6.45) is 8.36. The molecule has 0 aromatic carbocycles. The van der Waals surface area contributed by atoms with Crippen molar-refractivity contribution in [3.63, 3.8) is 0 Å². The van der Waals surface area contributed by atoms with Crippen LogP contribution in [-0.2, 0) is 0 Å². The second-order valence-corrected chi connectivity index (χ2v) is 4.73. The fourth-order valence-electron chi connectivity index (χ4n) is 3.03. The maximum absolute atomic E-state index is 3.73. The molecule has 0 amide bonds. The Morgan fingerprint density at radius 2 is 2.00 bits per heavy atom. The fourth-order valence-corrected chi connectivity index (χ4v) is 3.03. The first-order valence-corrected chi connectivity index (χ1v) is 6.56. The van der Waals surface area contributed by atoms with Crippen molar-refractivity contribution in [1.29, 1.82) is 0 Å². The molecule has 1 N–H and O–H groups in total. The van der Waals surface area contributed by atoms with E-state index in [0.29, 0.717) is 0 Å². The largest absolute Gasteiger partial charge is 0.314 e. The van der Waals surface area contributed by atoms with E-state index in [-0.39, 0.29) is 0 Å². The summed E-state index contributed by atoms with van der Waals surface area (Å²) >= 11 is 0. The average Bonchev–Trinajstić information content (AvgIpc) is 2.67. The second-order valence-electron chi connectivity index (χ2n) is 4.73. The number of nitrogens with one attached hydrogen (secondary N) is 1. The smallest absolute Gasteiger partial charge is 0.00953 e. The molecule has 0 heterocycles. The SMILES string of the molecule is CCCNC(CC)C1CCCC1CC. The van der Waals surface area contributed by atoms with Gasteiger partial charge < -0.3 is 5.32 Å². The molecule has 84 valence electrons. The van der Waals surface area contributed by atoms with E-state index in [1.54, 1.807) is 0 Å². The lowest BCUT2D eigenvalue weighted by molar-refractivity contribution is 0.270. The molecule has 0 aliphatic heterocycles. The van der Waals surface area contributed by atoms with Crippen molar-refractivity contribution >= 4 is 0 Å². The van der Waals surface area contributed by atoms with E-state index in [1.807, 2.05) is 0 Å². The van der Waals surface area contributed by atoms with Crippen molar-refractivity contribution in [2.45, 2.75) is 65.3 Å². The molecule has 0 aromatic rings. The summed E-state index contributed by atoms with van der Waals surface area (Å²) in [5, 5.41) is 3.73. The second kappa shape index (κ2) is 6.44. The summed E-state index contributed by atoms with van der Waals surface area (Å²) < 4.78 is 0. The molecule has 0 aromatic heterocycles. The third-order valence-electron chi connectivity index (χ3n) is 3.86. The minimum absolute atomic E-state index is 0.794. The molecule has 1 nitrogen and oxygen atoms in total. The predicted octanol–water partition coefficient (Wildman–Crippen LogP) is 3.59. The zero-order valence-electron chi connectivity index (χ0n) is 10.2. The molecule has 1 aliphatic rings. The Kier molecular flexibility index (Phi) is 5.54. The van der Waals surface area contributed by atoms with Crippen LogP contribution in [0.3, 0.4) is 0 Å². The lowest BCUT2D eigenvalue weighted by atomic mass is 9.86. The molecule has 0 spiro atoms. The van der Waals surface area contributed by atoms with Crippen molar-refractivity contribution in [2.75, 3.05) is 6.54 Å². The van der Waals surface area contributed by atoms with Gasteiger partial charge in [0.2, 0.25) is 0 Å². The molecule has 0 saturated heterocycles.